The molecule has 0 aliphatic rings. The van der Waals surface area contributed by atoms with Crippen molar-refractivity contribution in [2.75, 3.05) is 0 Å². The maximum atomic E-state index is 13.5. The number of hydrogen-bond acceptors (Lipinski definition) is 3. The van der Waals surface area contributed by atoms with Gasteiger partial charge >= 0.3 is 0 Å². The second-order valence-electron chi connectivity index (χ2n) is 5.67. The predicted octanol–water partition coefficient (Wildman–Crippen LogP) is 4.00. The van der Waals surface area contributed by atoms with Gasteiger partial charge in [-0.25, -0.2) is 18.9 Å². The zero-order chi connectivity index (χ0) is 17.4. The maximum Gasteiger partial charge on any atom is 0.154 e. The molecule has 3 heterocycles. The zero-order valence-electron chi connectivity index (χ0n) is 13.5. The van der Waals surface area contributed by atoms with Crippen molar-refractivity contribution in [3.05, 3.63) is 71.2 Å². The molecular weight excluding hydrogens is 341 g/mol. The third-order valence-corrected chi connectivity index (χ3v) is 4.28. The fourth-order valence-electron chi connectivity index (χ4n) is 2.97. The van der Waals surface area contributed by atoms with Gasteiger partial charge in [0.25, 0.3) is 0 Å². The number of hydrogen-bond donors (Lipinski definition) is 0. The molecule has 0 N–H and O–H groups in total. The summed E-state index contributed by atoms with van der Waals surface area (Å²) < 4.78 is 17.3. The van der Waals surface area contributed by atoms with Gasteiger partial charge in [0.05, 0.1) is 17.9 Å². The van der Waals surface area contributed by atoms with E-state index in [0.717, 1.165) is 29.0 Å². The summed E-state index contributed by atoms with van der Waals surface area (Å²) in [6.07, 6.45) is 4.34. The number of benzene rings is 1. The third kappa shape index (κ3) is 2.89. The standard InChI is InChI=1S/C18H15ClFN5/c1-2-15-14(22-17-7-6-16(19)23-25(15)17)11-24-9-8-21-18(24)12-4-3-5-13(20)10-12/h3-10H,2,11H2,1H3. The van der Waals surface area contributed by atoms with Gasteiger partial charge in [0, 0.05) is 18.0 Å². The van der Waals surface area contributed by atoms with Gasteiger partial charge < -0.3 is 4.57 Å². The first-order chi connectivity index (χ1) is 12.2. The zero-order valence-corrected chi connectivity index (χ0v) is 14.3. The maximum absolute atomic E-state index is 13.5. The molecule has 4 rings (SSSR count). The number of aromatic nitrogens is 5. The Balaban J connectivity index is 1.77. The summed E-state index contributed by atoms with van der Waals surface area (Å²) >= 11 is 6.01. The minimum atomic E-state index is -0.284. The van der Waals surface area contributed by atoms with Gasteiger partial charge in [-0.15, -0.1) is 0 Å². The Labute approximate surface area is 148 Å². The van der Waals surface area contributed by atoms with E-state index in [9.17, 15) is 4.39 Å². The van der Waals surface area contributed by atoms with E-state index >= 15 is 0 Å². The van der Waals surface area contributed by atoms with Crippen molar-refractivity contribution in [2.45, 2.75) is 19.9 Å². The summed E-state index contributed by atoms with van der Waals surface area (Å²) in [7, 11) is 0. The van der Waals surface area contributed by atoms with E-state index in [4.69, 9.17) is 11.6 Å². The number of aryl methyl sites for hydroxylation is 1. The van der Waals surface area contributed by atoms with Crippen LogP contribution in [0.5, 0.6) is 0 Å². The SMILES string of the molecule is CCc1c(Cn2ccnc2-c2cccc(F)c2)nc2ccc(Cl)nn12. The molecule has 4 aromatic rings. The van der Waals surface area contributed by atoms with Gasteiger partial charge in [0.1, 0.15) is 16.8 Å². The quantitative estimate of drug-likeness (QED) is 0.556. The van der Waals surface area contributed by atoms with Gasteiger partial charge in [-0.3, -0.25) is 0 Å². The molecule has 1 aromatic carbocycles. The number of imidazole rings is 2. The molecule has 0 aliphatic heterocycles. The Hall–Kier alpha value is -2.73. The molecule has 0 unspecified atom stereocenters. The Morgan fingerprint density at radius 1 is 1.20 bits per heavy atom. The smallest absolute Gasteiger partial charge is 0.154 e. The number of rotatable bonds is 4. The molecule has 0 atom stereocenters. The van der Waals surface area contributed by atoms with E-state index in [1.807, 2.05) is 22.9 Å². The van der Waals surface area contributed by atoms with Crippen LogP contribution in [0.1, 0.15) is 18.3 Å². The van der Waals surface area contributed by atoms with Crippen LogP contribution >= 0.6 is 11.6 Å². The van der Waals surface area contributed by atoms with Crippen LogP contribution in [-0.4, -0.2) is 24.1 Å². The molecular formula is C18H15ClFN5. The first-order valence-corrected chi connectivity index (χ1v) is 8.33. The highest BCUT2D eigenvalue weighted by atomic mass is 35.5. The Morgan fingerprint density at radius 3 is 2.88 bits per heavy atom. The predicted molar refractivity (Wildman–Crippen MR) is 94.1 cm³/mol. The summed E-state index contributed by atoms with van der Waals surface area (Å²) in [4.78, 5) is 9.04. The minimum absolute atomic E-state index is 0.284. The van der Waals surface area contributed by atoms with Crippen LogP contribution in [-0.2, 0) is 13.0 Å². The normalized spacial score (nSPS) is 11.3. The molecule has 126 valence electrons. The topological polar surface area (TPSA) is 48.0 Å². The molecule has 0 fully saturated rings. The lowest BCUT2D eigenvalue weighted by atomic mass is 10.2. The molecule has 7 heteroatoms. The Morgan fingerprint density at radius 2 is 2.08 bits per heavy atom. The summed E-state index contributed by atoms with van der Waals surface area (Å²) in [5, 5.41) is 4.76. The molecule has 0 radical (unpaired) electrons. The van der Waals surface area contributed by atoms with Crippen LogP contribution in [0, 0.1) is 5.82 Å². The first kappa shape index (κ1) is 15.8. The minimum Gasteiger partial charge on any atom is -0.325 e. The van der Waals surface area contributed by atoms with Crippen molar-refractivity contribution in [1.29, 1.82) is 0 Å². The summed E-state index contributed by atoms with van der Waals surface area (Å²) in [6.45, 7) is 2.58. The lowest BCUT2D eigenvalue weighted by Crippen LogP contribution is -2.05. The molecule has 0 saturated heterocycles. The summed E-state index contributed by atoms with van der Waals surface area (Å²) in [5.41, 5.74) is 3.38. The number of fused-ring (bicyclic) bond motifs is 1. The molecule has 0 aliphatic carbocycles. The Bertz CT molecular complexity index is 1050. The molecule has 0 bridgehead atoms. The van der Waals surface area contributed by atoms with Crippen LogP contribution in [0.3, 0.4) is 0 Å². The fourth-order valence-corrected chi connectivity index (χ4v) is 3.11. The van der Waals surface area contributed by atoms with E-state index in [1.165, 1.54) is 12.1 Å². The first-order valence-electron chi connectivity index (χ1n) is 7.96. The second kappa shape index (κ2) is 6.29. The second-order valence-corrected chi connectivity index (χ2v) is 6.06. The Kier molecular flexibility index (Phi) is 3.97. The van der Waals surface area contributed by atoms with Gasteiger partial charge in [-0.05, 0) is 30.7 Å². The summed E-state index contributed by atoms with van der Waals surface area (Å²) in [5.74, 6) is 0.414. The van der Waals surface area contributed by atoms with Crippen LogP contribution < -0.4 is 0 Å². The van der Waals surface area contributed by atoms with Gasteiger partial charge in [-0.1, -0.05) is 30.7 Å². The highest BCUT2D eigenvalue weighted by Gasteiger charge is 2.15. The average Bonchev–Trinajstić information content (AvgIpc) is 3.19. The molecule has 0 amide bonds. The highest BCUT2D eigenvalue weighted by molar-refractivity contribution is 6.29. The van der Waals surface area contributed by atoms with Crippen molar-refractivity contribution in [3.63, 3.8) is 0 Å². The number of halogens is 2. The van der Waals surface area contributed by atoms with Crippen LogP contribution in [0.4, 0.5) is 4.39 Å². The molecule has 5 nitrogen and oxygen atoms in total. The molecule has 25 heavy (non-hydrogen) atoms. The van der Waals surface area contributed by atoms with Gasteiger partial charge in [0.15, 0.2) is 5.65 Å². The molecule has 0 spiro atoms. The van der Waals surface area contributed by atoms with Crippen molar-refractivity contribution in [2.24, 2.45) is 0 Å². The van der Waals surface area contributed by atoms with E-state index < -0.39 is 0 Å². The number of nitrogens with zero attached hydrogens (tertiary/aromatic N) is 5. The van der Waals surface area contributed by atoms with Crippen molar-refractivity contribution in [3.8, 4) is 11.4 Å². The molecule has 3 aromatic heterocycles. The third-order valence-electron chi connectivity index (χ3n) is 4.07. The van der Waals surface area contributed by atoms with Crippen molar-refractivity contribution >= 4 is 17.2 Å². The lowest BCUT2D eigenvalue weighted by molar-refractivity contribution is 0.628. The van der Waals surface area contributed by atoms with E-state index in [1.54, 1.807) is 22.8 Å². The van der Waals surface area contributed by atoms with E-state index in [2.05, 4.69) is 22.0 Å². The van der Waals surface area contributed by atoms with E-state index in [-0.39, 0.29) is 5.82 Å². The van der Waals surface area contributed by atoms with Crippen LogP contribution in [0.2, 0.25) is 5.15 Å². The lowest BCUT2D eigenvalue weighted by Gasteiger charge is -2.08. The van der Waals surface area contributed by atoms with E-state index in [0.29, 0.717) is 17.5 Å². The van der Waals surface area contributed by atoms with Crippen LogP contribution in [0.15, 0.2) is 48.8 Å². The highest BCUT2D eigenvalue weighted by Crippen LogP contribution is 2.21. The largest absolute Gasteiger partial charge is 0.325 e. The van der Waals surface area contributed by atoms with Crippen molar-refractivity contribution < 1.29 is 4.39 Å². The van der Waals surface area contributed by atoms with Gasteiger partial charge in [-0.2, -0.15) is 5.10 Å². The molecule has 0 saturated carbocycles. The van der Waals surface area contributed by atoms with Gasteiger partial charge in [0.2, 0.25) is 0 Å². The fraction of sp³-hybridized carbons (Fsp3) is 0.167. The summed E-state index contributed by atoms with van der Waals surface area (Å²) in [6, 6.07) is 9.99. The monoisotopic (exact) mass is 355 g/mol. The van der Waals surface area contributed by atoms with Crippen LogP contribution in [0.25, 0.3) is 17.0 Å². The van der Waals surface area contributed by atoms with Crippen molar-refractivity contribution in [1.82, 2.24) is 24.1 Å². The average molecular weight is 356 g/mol.